The normalized spacial score (nSPS) is 35.4. The minimum Gasteiger partial charge on any atom is -0.466 e. The largest absolute Gasteiger partial charge is 0.466 e. The Balaban J connectivity index is 1.81. The number of ether oxygens (including phenoxy) is 1. The summed E-state index contributed by atoms with van der Waals surface area (Å²) in [5.41, 5.74) is 0. The van der Waals surface area contributed by atoms with Gasteiger partial charge in [0.25, 0.3) is 0 Å². The molecule has 0 aromatic heterocycles. The molecular formula is C27H41BrN2O5S. The monoisotopic (exact) mass is 584 g/mol. The number of fused-ring (bicyclic) bond motifs is 1. The van der Waals surface area contributed by atoms with Crippen molar-refractivity contribution in [2.75, 3.05) is 19.8 Å². The van der Waals surface area contributed by atoms with Crippen LogP contribution >= 0.6 is 27.7 Å². The fraction of sp³-hybridized carbons (Fsp3) is 0.815. The van der Waals surface area contributed by atoms with E-state index in [4.69, 9.17) is 4.74 Å². The molecule has 4 aliphatic rings. The van der Waals surface area contributed by atoms with Crippen molar-refractivity contribution in [2.45, 2.75) is 98.7 Å². The number of rotatable bonds is 10. The van der Waals surface area contributed by atoms with Crippen molar-refractivity contribution in [3.8, 4) is 0 Å². The highest BCUT2D eigenvalue weighted by atomic mass is 79.9. The quantitative estimate of drug-likeness (QED) is 0.239. The molecular weight excluding hydrogens is 544 g/mol. The highest BCUT2D eigenvalue weighted by molar-refractivity contribution is 9.09. The summed E-state index contributed by atoms with van der Waals surface area (Å²) in [6.45, 7) is 10.2. The zero-order chi connectivity index (χ0) is 26.2. The number of thioether (sulfide) groups is 1. The van der Waals surface area contributed by atoms with Gasteiger partial charge in [0, 0.05) is 22.7 Å². The molecule has 7 nitrogen and oxygen atoms in total. The first-order valence-electron chi connectivity index (χ1n) is 13.6. The van der Waals surface area contributed by atoms with E-state index in [1.165, 1.54) is 6.42 Å². The molecule has 3 heterocycles. The van der Waals surface area contributed by atoms with Crippen molar-refractivity contribution in [1.29, 1.82) is 0 Å². The number of nitrogens with zero attached hydrogens (tertiary/aromatic N) is 2. The van der Waals surface area contributed by atoms with Gasteiger partial charge in [0.2, 0.25) is 11.8 Å². The standard InChI is InChI=1S/C27H41BrN2O5S/c1-5-13-29(17-11-9-8-10-12-17)25(33)23-27-14-18(28)22(36-27)20(26(34)35-7-3)21(27)24(32)30(23)19(15-31)16(4)6-2/h5,16-23,31H,1,6-15H2,2-4H3/t16-,18?,19-,20-,21-,22-,23?,27?/m0/s1. The topological polar surface area (TPSA) is 87.2 Å². The second-order valence-electron chi connectivity index (χ2n) is 10.9. The SMILES string of the molecule is C=CCN(C(=O)C1N([C@@H](CO)[C@@H](C)CC)C(=O)[C@@H]2[C@H](C(=O)OCC)[C@H]3SC12CC3Br)C1CCCCC1. The molecule has 1 spiro atoms. The molecule has 4 rings (SSSR count). The lowest BCUT2D eigenvalue weighted by atomic mass is 9.71. The van der Waals surface area contributed by atoms with E-state index in [0.717, 1.165) is 32.1 Å². The predicted molar refractivity (Wildman–Crippen MR) is 145 cm³/mol. The third-order valence-corrected chi connectivity index (χ3v) is 12.2. The minimum atomic E-state index is -0.725. The Bertz CT molecular complexity index is 867. The summed E-state index contributed by atoms with van der Waals surface area (Å²) >= 11 is 5.42. The third kappa shape index (κ3) is 4.45. The Kier molecular flexibility index (Phi) is 8.82. The number of hydrogen-bond acceptors (Lipinski definition) is 6. The maximum atomic E-state index is 14.6. The average molecular weight is 586 g/mol. The molecule has 1 N–H and O–H groups in total. The summed E-state index contributed by atoms with van der Waals surface area (Å²) < 4.78 is 4.72. The second-order valence-corrected chi connectivity index (χ2v) is 13.6. The van der Waals surface area contributed by atoms with Crippen LogP contribution in [-0.4, -0.2) is 85.4 Å². The lowest BCUT2D eigenvalue weighted by Gasteiger charge is -2.43. The number of aliphatic hydroxyl groups is 1. The van der Waals surface area contributed by atoms with Crippen molar-refractivity contribution >= 4 is 45.5 Å². The van der Waals surface area contributed by atoms with Gasteiger partial charge in [0.15, 0.2) is 0 Å². The number of amides is 2. The third-order valence-electron chi connectivity index (χ3n) is 8.99. The van der Waals surface area contributed by atoms with Gasteiger partial charge in [0.1, 0.15) is 6.04 Å². The van der Waals surface area contributed by atoms with Crippen LogP contribution in [0.25, 0.3) is 0 Å². The number of likely N-dealkylation sites (tertiary alicyclic amines) is 1. The van der Waals surface area contributed by atoms with Gasteiger partial charge in [0.05, 0.1) is 35.8 Å². The van der Waals surface area contributed by atoms with E-state index in [9.17, 15) is 19.5 Å². The van der Waals surface area contributed by atoms with Gasteiger partial charge in [-0.1, -0.05) is 61.5 Å². The Labute approximate surface area is 227 Å². The molecule has 1 aliphatic carbocycles. The highest BCUT2D eigenvalue weighted by Crippen LogP contribution is 2.68. The van der Waals surface area contributed by atoms with E-state index >= 15 is 0 Å². The van der Waals surface area contributed by atoms with E-state index in [-0.39, 0.29) is 53.0 Å². The summed E-state index contributed by atoms with van der Waals surface area (Å²) in [5.74, 6) is -1.80. The summed E-state index contributed by atoms with van der Waals surface area (Å²) in [6.07, 6.45) is 8.43. The molecule has 8 atom stereocenters. The van der Waals surface area contributed by atoms with Crippen molar-refractivity contribution in [3.63, 3.8) is 0 Å². The zero-order valence-electron chi connectivity index (χ0n) is 21.7. The van der Waals surface area contributed by atoms with Gasteiger partial charge in [-0.05, 0) is 32.1 Å². The summed E-state index contributed by atoms with van der Waals surface area (Å²) in [6, 6.07) is -1.08. The fourth-order valence-electron chi connectivity index (χ4n) is 7.13. The smallest absolute Gasteiger partial charge is 0.310 e. The first kappa shape index (κ1) is 28.0. The second kappa shape index (κ2) is 11.4. The molecule has 36 heavy (non-hydrogen) atoms. The maximum Gasteiger partial charge on any atom is 0.310 e. The zero-order valence-corrected chi connectivity index (χ0v) is 24.1. The highest BCUT2D eigenvalue weighted by Gasteiger charge is 2.77. The lowest BCUT2D eigenvalue weighted by molar-refractivity contribution is -0.154. The van der Waals surface area contributed by atoms with Crippen LogP contribution in [0.15, 0.2) is 12.7 Å². The number of aliphatic hydroxyl groups excluding tert-OH is 1. The van der Waals surface area contributed by atoms with Crippen molar-refractivity contribution < 1.29 is 24.2 Å². The van der Waals surface area contributed by atoms with Crippen molar-refractivity contribution in [3.05, 3.63) is 12.7 Å². The maximum absolute atomic E-state index is 14.6. The van der Waals surface area contributed by atoms with Crippen molar-refractivity contribution in [1.82, 2.24) is 9.80 Å². The molecule has 202 valence electrons. The van der Waals surface area contributed by atoms with E-state index in [1.807, 2.05) is 18.7 Å². The first-order valence-corrected chi connectivity index (χ1v) is 15.4. The molecule has 3 aliphatic heterocycles. The molecule has 3 unspecified atom stereocenters. The van der Waals surface area contributed by atoms with Gasteiger partial charge >= 0.3 is 5.97 Å². The van der Waals surface area contributed by atoms with E-state index in [1.54, 1.807) is 29.7 Å². The molecule has 4 fully saturated rings. The van der Waals surface area contributed by atoms with E-state index in [2.05, 4.69) is 22.5 Å². The number of alkyl halides is 1. The minimum absolute atomic E-state index is 0.00918. The predicted octanol–water partition coefficient (Wildman–Crippen LogP) is 3.77. The van der Waals surface area contributed by atoms with Gasteiger partial charge in [-0.15, -0.1) is 18.3 Å². The number of carbonyl (C=O) groups excluding carboxylic acids is 3. The molecule has 2 bridgehead atoms. The van der Waals surface area contributed by atoms with Gasteiger partial charge in [-0.25, -0.2) is 0 Å². The Morgan fingerprint density at radius 3 is 2.61 bits per heavy atom. The van der Waals surface area contributed by atoms with Gasteiger partial charge in [-0.2, -0.15) is 0 Å². The molecule has 9 heteroatoms. The first-order chi connectivity index (χ1) is 17.3. The summed E-state index contributed by atoms with van der Waals surface area (Å²) in [5, 5.41) is 10.4. The van der Waals surface area contributed by atoms with Gasteiger partial charge in [-0.3, -0.25) is 14.4 Å². The average Bonchev–Trinajstić information content (AvgIpc) is 3.47. The van der Waals surface area contributed by atoms with Crippen LogP contribution in [0, 0.1) is 17.8 Å². The van der Waals surface area contributed by atoms with Crippen LogP contribution in [0.2, 0.25) is 0 Å². The van der Waals surface area contributed by atoms with Crippen LogP contribution in [0.3, 0.4) is 0 Å². The van der Waals surface area contributed by atoms with Crippen LogP contribution in [0.5, 0.6) is 0 Å². The summed E-state index contributed by atoms with van der Waals surface area (Å²) in [7, 11) is 0. The van der Waals surface area contributed by atoms with E-state index < -0.39 is 28.7 Å². The Morgan fingerprint density at radius 2 is 2.03 bits per heavy atom. The van der Waals surface area contributed by atoms with Crippen LogP contribution in [0.4, 0.5) is 0 Å². The molecule has 1 saturated carbocycles. The summed E-state index contributed by atoms with van der Waals surface area (Å²) in [4.78, 5) is 45.7. The fourth-order valence-corrected chi connectivity index (χ4v) is 10.7. The lowest BCUT2D eigenvalue weighted by Crippen LogP contribution is -2.60. The molecule has 0 radical (unpaired) electrons. The molecule has 3 saturated heterocycles. The van der Waals surface area contributed by atoms with E-state index in [0.29, 0.717) is 13.0 Å². The van der Waals surface area contributed by atoms with Crippen LogP contribution in [-0.2, 0) is 19.1 Å². The Morgan fingerprint density at radius 1 is 1.33 bits per heavy atom. The Hall–Kier alpha value is -1.06. The van der Waals surface area contributed by atoms with Crippen LogP contribution < -0.4 is 0 Å². The van der Waals surface area contributed by atoms with Crippen molar-refractivity contribution in [2.24, 2.45) is 17.8 Å². The van der Waals surface area contributed by atoms with Crippen LogP contribution in [0.1, 0.15) is 65.7 Å². The number of halogens is 1. The molecule has 0 aromatic carbocycles. The number of esters is 1. The molecule has 0 aromatic rings. The number of hydrogen-bond donors (Lipinski definition) is 1. The number of carbonyl (C=O) groups is 3. The van der Waals surface area contributed by atoms with Gasteiger partial charge < -0.3 is 19.6 Å². The molecule has 2 amide bonds.